The maximum absolute atomic E-state index is 13.5. The minimum atomic E-state index is -0.666. The minimum absolute atomic E-state index is 0.216. The van der Waals surface area contributed by atoms with E-state index in [0.29, 0.717) is 11.3 Å². The molecular formula is C11H9F2N3. The van der Waals surface area contributed by atoms with Crippen molar-refractivity contribution in [3.8, 4) is 11.3 Å². The van der Waals surface area contributed by atoms with Crippen molar-refractivity contribution < 1.29 is 8.78 Å². The molecule has 5 heteroatoms. The molecule has 1 heterocycles. The first-order chi connectivity index (χ1) is 7.58. The average molecular weight is 221 g/mol. The summed E-state index contributed by atoms with van der Waals surface area (Å²) in [5, 5.41) is 0. The van der Waals surface area contributed by atoms with E-state index in [1.54, 1.807) is 6.92 Å². The Morgan fingerprint density at radius 3 is 2.50 bits per heavy atom. The summed E-state index contributed by atoms with van der Waals surface area (Å²) in [6, 6.07) is 3.67. The van der Waals surface area contributed by atoms with Crippen molar-refractivity contribution in [1.29, 1.82) is 0 Å². The number of nitrogens with zero attached hydrogens (tertiary/aromatic N) is 2. The third kappa shape index (κ3) is 1.84. The van der Waals surface area contributed by atoms with Crippen LogP contribution in [0.3, 0.4) is 0 Å². The molecule has 2 rings (SSSR count). The Morgan fingerprint density at radius 1 is 1.06 bits per heavy atom. The predicted octanol–water partition coefficient (Wildman–Crippen LogP) is 2.31. The van der Waals surface area contributed by atoms with Gasteiger partial charge in [-0.05, 0) is 18.6 Å². The van der Waals surface area contributed by atoms with Gasteiger partial charge in [0.1, 0.15) is 23.8 Å². The number of nitrogen functional groups attached to an aromatic ring is 1. The molecule has 0 aliphatic rings. The molecule has 0 bridgehead atoms. The van der Waals surface area contributed by atoms with Crippen LogP contribution in [0.15, 0.2) is 24.5 Å². The minimum Gasteiger partial charge on any atom is -0.384 e. The molecule has 1 aromatic heterocycles. The van der Waals surface area contributed by atoms with Crippen LogP contribution < -0.4 is 5.73 Å². The molecule has 0 unspecified atom stereocenters. The maximum Gasteiger partial charge on any atom is 0.135 e. The largest absolute Gasteiger partial charge is 0.384 e. The Kier molecular flexibility index (Phi) is 2.52. The molecule has 0 fully saturated rings. The third-order valence-corrected chi connectivity index (χ3v) is 2.21. The van der Waals surface area contributed by atoms with Gasteiger partial charge in [0.25, 0.3) is 0 Å². The first-order valence-electron chi connectivity index (χ1n) is 4.61. The zero-order valence-corrected chi connectivity index (χ0v) is 8.54. The van der Waals surface area contributed by atoms with Crippen molar-refractivity contribution in [1.82, 2.24) is 9.97 Å². The number of benzene rings is 1. The van der Waals surface area contributed by atoms with Crippen LogP contribution in [-0.2, 0) is 0 Å². The van der Waals surface area contributed by atoms with Crippen LogP contribution >= 0.6 is 0 Å². The van der Waals surface area contributed by atoms with Gasteiger partial charge in [0.2, 0.25) is 0 Å². The number of rotatable bonds is 1. The molecule has 2 aromatic rings. The first-order valence-corrected chi connectivity index (χ1v) is 4.61. The molecule has 0 aliphatic heterocycles. The number of anilines is 1. The Hall–Kier alpha value is -2.04. The number of aryl methyl sites for hydroxylation is 1. The molecule has 0 amide bonds. The molecular weight excluding hydrogens is 212 g/mol. The Balaban J connectivity index is 2.60. The van der Waals surface area contributed by atoms with Gasteiger partial charge in [-0.3, -0.25) is 0 Å². The maximum atomic E-state index is 13.5. The predicted molar refractivity (Wildman–Crippen MR) is 56.5 cm³/mol. The second-order valence-corrected chi connectivity index (χ2v) is 3.41. The van der Waals surface area contributed by atoms with Crippen molar-refractivity contribution in [2.24, 2.45) is 0 Å². The Labute approximate surface area is 91.0 Å². The summed E-state index contributed by atoms with van der Waals surface area (Å²) < 4.78 is 26.6. The van der Waals surface area contributed by atoms with Crippen molar-refractivity contribution in [2.75, 3.05) is 5.73 Å². The van der Waals surface area contributed by atoms with Crippen molar-refractivity contribution in [3.63, 3.8) is 0 Å². The highest BCUT2D eigenvalue weighted by Crippen LogP contribution is 2.24. The van der Waals surface area contributed by atoms with Gasteiger partial charge in [-0.15, -0.1) is 0 Å². The lowest BCUT2D eigenvalue weighted by atomic mass is 10.1. The molecule has 3 nitrogen and oxygen atoms in total. The van der Waals surface area contributed by atoms with Gasteiger partial charge in [0.05, 0.1) is 5.69 Å². The number of aromatic nitrogens is 2. The molecule has 0 atom stereocenters. The van der Waals surface area contributed by atoms with Gasteiger partial charge in [-0.1, -0.05) is 0 Å². The van der Waals surface area contributed by atoms with E-state index >= 15 is 0 Å². The van der Waals surface area contributed by atoms with E-state index in [0.717, 1.165) is 6.07 Å². The molecule has 1 aromatic carbocycles. The summed E-state index contributed by atoms with van der Waals surface area (Å²) in [4.78, 5) is 7.59. The summed E-state index contributed by atoms with van der Waals surface area (Å²) in [6.45, 7) is 1.56. The molecule has 0 radical (unpaired) electrons. The third-order valence-electron chi connectivity index (χ3n) is 2.21. The molecule has 16 heavy (non-hydrogen) atoms. The molecule has 0 saturated carbocycles. The lowest BCUT2D eigenvalue weighted by molar-refractivity contribution is 0.579. The smallest absolute Gasteiger partial charge is 0.135 e. The summed E-state index contributed by atoms with van der Waals surface area (Å²) in [7, 11) is 0. The summed E-state index contributed by atoms with van der Waals surface area (Å²) >= 11 is 0. The molecule has 2 N–H and O–H groups in total. The lowest BCUT2D eigenvalue weighted by Gasteiger charge is -2.05. The fourth-order valence-corrected chi connectivity index (χ4v) is 1.37. The van der Waals surface area contributed by atoms with Crippen LogP contribution in [-0.4, -0.2) is 9.97 Å². The Morgan fingerprint density at radius 2 is 1.81 bits per heavy atom. The topological polar surface area (TPSA) is 51.8 Å². The van der Waals surface area contributed by atoms with Crippen LogP contribution in [0.5, 0.6) is 0 Å². The van der Waals surface area contributed by atoms with E-state index in [1.807, 2.05) is 0 Å². The summed E-state index contributed by atoms with van der Waals surface area (Å²) in [5.74, 6) is -1.00. The fourth-order valence-electron chi connectivity index (χ4n) is 1.37. The van der Waals surface area contributed by atoms with E-state index in [4.69, 9.17) is 5.73 Å². The SMILES string of the molecule is Cc1cc(-c2cc(N)ncn2)c(F)cc1F. The van der Waals surface area contributed by atoms with Gasteiger partial charge in [0, 0.05) is 17.7 Å². The lowest BCUT2D eigenvalue weighted by Crippen LogP contribution is -1.96. The van der Waals surface area contributed by atoms with E-state index < -0.39 is 11.6 Å². The molecule has 0 spiro atoms. The monoisotopic (exact) mass is 221 g/mol. The molecule has 0 saturated heterocycles. The first kappa shape index (κ1) is 10.5. The highest BCUT2D eigenvalue weighted by Gasteiger charge is 2.10. The highest BCUT2D eigenvalue weighted by atomic mass is 19.1. The van der Waals surface area contributed by atoms with E-state index in [2.05, 4.69) is 9.97 Å². The van der Waals surface area contributed by atoms with Crippen molar-refractivity contribution in [3.05, 3.63) is 41.7 Å². The van der Waals surface area contributed by atoms with Gasteiger partial charge >= 0.3 is 0 Å². The van der Waals surface area contributed by atoms with Crippen LogP contribution in [0.2, 0.25) is 0 Å². The van der Waals surface area contributed by atoms with Crippen LogP contribution in [0.25, 0.3) is 11.3 Å². The summed E-state index contributed by atoms with van der Waals surface area (Å²) in [6.07, 6.45) is 1.24. The summed E-state index contributed by atoms with van der Waals surface area (Å²) in [5.41, 5.74) is 6.38. The average Bonchev–Trinajstić information content (AvgIpc) is 2.23. The van der Waals surface area contributed by atoms with E-state index in [9.17, 15) is 8.78 Å². The number of hydrogen-bond acceptors (Lipinski definition) is 3. The normalized spacial score (nSPS) is 10.4. The van der Waals surface area contributed by atoms with Crippen molar-refractivity contribution >= 4 is 5.82 Å². The number of hydrogen-bond donors (Lipinski definition) is 1. The van der Waals surface area contributed by atoms with Gasteiger partial charge in [0.15, 0.2) is 0 Å². The second kappa shape index (κ2) is 3.84. The van der Waals surface area contributed by atoms with Gasteiger partial charge in [-0.25, -0.2) is 18.7 Å². The van der Waals surface area contributed by atoms with E-state index in [1.165, 1.54) is 18.5 Å². The van der Waals surface area contributed by atoms with Crippen LogP contribution in [0.1, 0.15) is 5.56 Å². The van der Waals surface area contributed by atoms with Gasteiger partial charge < -0.3 is 5.73 Å². The van der Waals surface area contributed by atoms with Crippen LogP contribution in [0.4, 0.5) is 14.6 Å². The number of nitrogens with two attached hydrogens (primary N) is 1. The highest BCUT2D eigenvalue weighted by molar-refractivity contribution is 5.63. The second-order valence-electron chi connectivity index (χ2n) is 3.41. The zero-order chi connectivity index (χ0) is 11.7. The Bertz CT molecular complexity index is 541. The molecule has 82 valence electrons. The van der Waals surface area contributed by atoms with E-state index in [-0.39, 0.29) is 11.4 Å². The fraction of sp³-hybridized carbons (Fsp3) is 0.0909. The van der Waals surface area contributed by atoms with Crippen molar-refractivity contribution in [2.45, 2.75) is 6.92 Å². The number of halogens is 2. The zero-order valence-electron chi connectivity index (χ0n) is 8.54. The molecule has 0 aliphatic carbocycles. The van der Waals surface area contributed by atoms with Gasteiger partial charge in [-0.2, -0.15) is 0 Å². The quantitative estimate of drug-likeness (QED) is 0.803. The van der Waals surface area contributed by atoms with Crippen LogP contribution in [0, 0.1) is 18.6 Å². The standard InChI is InChI=1S/C11H9F2N3/c1-6-2-7(9(13)3-8(6)12)10-4-11(14)16-5-15-10/h2-5H,1H3,(H2,14,15,16).